The van der Waals surface area contributed by atoms with Crippen molar-refractivity contribution in [2.45, 2.75) is 6.92 Å². The lowest BCUT2D eigenvalue weighted by Gasteiger charge is -2.01. The molecule has 0 unspecified atom stereocenters. The summed E-state index contributed by atoms with van der Waals surface area (Å²) in [6.07, 6.45) is 0.400. The molecule has 0 aromatic heterocycles. The third-order valence-electron chi connectivity index (χ3n) is 1.75. The number of halogens is 3. The maximum absolute atomic E-state index is 12.4. The first kappa shape index (κ1) is 13.0. The van der Waals surface area contributed by atoms with Crippen LogP contribution in [0, 0.1) is 0 Å². The van der Waals surface area contributed by atoms with E-state index in [1.54, 1.807) is 6.08 Å². The Morgan fingerprint density at radius 1 is 1.18 bits per heavy atom. The van der Waals surface area contributed by atoms with Gasteiger partial charge in [-0.3, -0.25) is 4.79 Å². The Balaban J connectivity index is 2.75. The lowest BCUT2D eigenvalue weighted by Crippen LogP contribution is -1.90. The monoisotopic (exact) mass is 242 g/mol. The molecule has 2 nitrogen and oxygen atoms in total. The minimum atomic E-state index is -2.51. The van der Waals surface area contributed by atoms with Gasteiger partial charge >= 0.3 is 12.1 Å². The second-order valence-corrected chi connectivity index (χ2v) is 3.15. The van der Waals surface area contributed by atoms with E-state index in [-0.39, 0.29) is 11.5 Å². The number of rotatable bonds is 4. The highest BCUT2D eigenvalue weighted by Crippen LogP contribution is 2.19. The molecule has 0 fully saturated rings. The number of ketones is 1. The average molecular weight is 242 g/mol. The number of allylic oxidation sites excluding steroid dienone is 1. The number of hydrogen-bond acceptors (Lipinski definition) is 2. The molecule has 0 aliphatic carbocycles. The summed E-state index contributed by atoms with van der Waals surface area (Å²) < 4.78 is 40.1. The molecule has 17 heavy (non-hydrogen) atoms. The average Bonchev–Trinajstić information content (AvgIpc) is 2.28. The Morgan fingerprint density at radius 2 is 1.76 bits per heavy atom. The number of benzene rings is 1. The van der Waals surface area contributed by atoms with Crippen molar-refractivity contribution in [2.24, 2.45) is 0 Å². The SMILES string of the molecule is CC(=O)/C=C/c1ccc(OC(F)=C(F)F)cc1. The zero-order valence-electron chi connectivity index (χ0n) is 8.91. The Morgan fingerprint density at radius 3 is 2.24 bits per heavy atom. The van der Waals surface area contributed by atoms with Crippen LogP contribution in [0.2, 0.25) is 0 Å². The molecule has 0 N–H and O–H groups in total. The molecular weight excluding hydrogens is 233 g/mol. The van der Waals surface area contributed by atoms with Gasteiger partial charge in [-0.25, -0.2) is 0 Å². The standard InChI is InChI=1S/C12H9F3O2/c1-8(16)2-3-9-4-6-10(7-5-9)17-12(15)11(13)14/h2-7H,1H3/b3-2+. The van der Waals surface area contributed by atoms with Crippen LogP contribution in [0.5, 0.6) is 5.75 Å². The van der Waals surface area contributed by atoms with Crippen LogP contribution < -0.4 is 4.74 Å². The number of hydrogen-bond donors (Lipinski definition) is 0. The molecule has 0 radical (unpaired) electrons. The molecule has 0 spiro atoms. The zero-order chi connectivity index (χ0) is 12.8. The molecule has 1 rings (SSSR count). The fourth-order valence-electron chi connectivity index (χ4n) is 1.00. The van der Waals surface area contributed by atoms with Gasteiger partial charge in [-0.05, 0) is 30.7 Å². The molecule has 0 atom stereocenters. The molecular formula is C12H9F3O2. The van der Waals surface area contributed by atoms with Crippen LogP contribution in [0.1, 0.15) is 12.5 Å². The fraction of sp³-hybridized carbons (Fsp3) is 0.0833. The summed E-state index contributed by atoms with van der Waals surface area (Å²) in [5.41, 5.74) is 0.678. The van der Waals surface area contributed by atoms with Gasteiger partial charge in [0.1, 0.15) is 5.75 Å². The highest BCUT2D eigenvalue weighted by Gasteiger charge is 2.07. The summed E-state index contributed by atoms with van der Waals surface area (Å²) in [6.45, 7) is 1.40. The molecule has 1 aromatic rings. The summed E-state index contributed by atoms with van der Waals surface area (Å²) in [5.74, 6) is -0.158. The highest BCUT2D eigenvalue weighted by atomic mass is 19.3. The minimum absolute atomic E-state index is 0.0460. The van der Waals surface area contributed by atoms with Crippen molar-refractivity contribution in [3.8, 4) is 5.75 Å². The molecule has 0 aliphatic heterocycles. The lowest BCUT2D eigenvalue weighted by atomic mass is 10.2. The lowest BCUT2D eigenvalue weighted by molar-refractivity contribution is -0.112. The first-order valence-electron chi connectivity index (χ1n) is 4.66. The van der Waals surface area contributed by atoms with Crippen LogP contribution in [-0.2, 0) is 4.79 Å². The van der Waals surface area contributed by atoms with E-state index in [0.717, 1.165) is 0 Å². The van der Waals surface area contributed by atoms with Crippen molar-refractivity contribution < 1.29 is 22.7 Å². The van der Waals surface area contributed by atoms with Crippen molar-refractivity contribution in [3.05, 3.63) is 48.0 Å². The van der Waals surface area contributed by atoms with E-state index in [2.05, 4.69) is 4.74 Å². The zero-order valence-corrected chi connectivity index (χ0v) is 8.91. The first-order chi connectivity index (χ1) is 7.99. The second kappa shape index (κ2) is 5.89. The maximum Gasteiger partial charge on any atom is 0.344 e. The summed E-state index contributed by atoms with van der Waals surface area (Å²) in [7, 11) is 0. The molecule has 0 heterocycles. The van der Waals surface area contributed by atoms with Gasteiger partial charge in [0.05, 0.1) is 0 Å². The van der Waals surface area contributed by atoms with Crippen LogP contribution in [0.3, 0.4) is 0 Å². The highest BCUT2D eigenvalue weighted by molar-refractivity contribution is 5.91. The van der Waals surface area contributed by atoms with Crippen LogP contribution in [0.25, 0.3) is 6.08 Å². The van der Waals surface area contributed by atoms with Crippen LogP contribution in [0.4, 0.5) is 13.2 Å². The molecule has 1 aromatic carbocycles. The maximum atomic E-state index is 12.4. The number of carbonyl (C=O) groups is 1. The number of ether oxygens (including phenoxy) is 1. The summed E-state index contributed by atoms with van der Waals surface area (Å²) in [5, 5.41) is 0. The topological polar surface area (TPSA) is 26.3 Å². The van der Waals surface area contributed by atoms with Gasteiger partial charge in [0.2, 0.25) is 0 Å². The van der Waals surface area contributed by atoms with E-state index in [1.807, 2.05) is 0 Å². The minimum Gasteiger partial charge on any atom is -0.428 e. The predicted molar refractivity (Wildman–Crippen MR) is 57.1 cm³/mol. The van der Waals surface area contributed by atoms with Gasteiger partial charge in [-0.1, -0.05) is 18.2 Å². The Bertz CT molecular complexity index is 457. The van der Waals surface area contributed by atoms with Crippen molar-refractivity contribution in [1.29, 1.82) is 0 Å². The second-order valence-electron chi connectivity index (χ2n) is 3.15. The molecule has 90 valence electrons. The van der Waals surface area contributed by atoms with Gasteiger partial charge in [0.25, 0.3) is 0 Å². The van der Waals surface area contributed by atoms with Crippen LogP contribution >= 0.6 is 0 Å². The van der Waals surface area contributed by atoms with Crippen molar-refractivity contribution in [2.75, 3.05) is 0 Å². The molecule has 0 amide bonds. The van der Waals surface area contributed by atoms with Crippen LogP contribution in [-0.4, -0.2) is 5.78 Å². The molecule has 0 saturated carbocycles. The quantitative estimate of drug-likeness (QED) is 0.594. The van der Waals surface area contributed by atoms with E-state index < -0.39 is 12.1 Å². The Hall–Kier alpha value is -2.04. The third kappa shape index (κ3) is 4.55. The van der Waals surface area contributed by atoms with Crippen LogP contribution in [0.15, 0.2) is 42.4 Å². The smallest absolute Gasteiger partial charge is 0.344 e. The summed E-state index contributed by atoms with van der Waals surface area (Å²) >= 11 is 0. The Labute approximate surface area is 96.0 Å². The fourth-order valence-corrected chi connectivity index (χ4v) is 1.00. The molecule has 0 bridgehead atoms. The Kier molecular flexibility index (Phi) is 4.51. The molecule has 0 aliphatic rings. The first-order valence-corrected chi connectivity index (χ1v) is 4.66. The van der Waals surface area contributed by atoms with Crippen molar-refractivity contribution in [3.63, 3.8) is 0 Å². The van der Waals surface area contributed by atoms with E-state index in [9.17, 15) is 18.0 Å². The number of carbonyl (C=O) groups excluding carboxylic acids is 1. The summed E-state index contributed by atoms with van der Waals surface area (Å²) in [4.78, 5) is 10.7. The third-order valence-corrected chi connectivity index (χ3v) is 1.75. The van der Waals surface area contributed by atoms with E-state index in [4.69, 9.17) is 0 Å². The van der Waals surface area contributed by atoms with Gasteiger partial charge < -0.3 is 4.74 Å². The van der Waals surface area contributed by atoms with E-state index in [1.165, 1.54) is 37.3 Å². The van der Waals surface area contributed by atoms with Crippen molar-refractivity contribution in [1.82, 2.24) is 0 Å². The van der Waals surface area contributed by atoms with Gasteiger partial charge in [0, 0.05) is 0 Å². The molecule has 0 saturated heterocycles. The van der Waals surface area contributed by atoms with E-state index >= 15 is 0 Å². The van der Waals surface area contributed by atoms with E-state index in [0.29, 0.717) is 5.56 Å². The van der Waals surface area contributed by atoms with Crippen molar-refractivity contribution >= 4 is 11.9 Å². The predicted octanol–water partition coefficient (Wildman–Crippen LogP) is 3.70. The van der Waals surface area contributed by atoms with Gasteiger partial charge in [-0.2, -0.15) is 13.2 Å². The van der Waals surface area contributed by atoms with Gasteiger partial charge in [-0.15, -0.1) is 0 Å². The molecule has 5 heteroatoms. The van der Waals surface area contributed by atoms with Gasteiger partial charge in [0.15, 0.2) is 5.78 Å². The summed E-state index contributed by atoms with van der Waals surface area (Å²) in [6, 6.07) is 3.75. The normalized spacial score (nSPS) is 10.4. The largest absolute Gasteiger partial charge is 0.428 e.